The minimum atomic E-state index is -0.0467. The van der Waals surface area contributed by atoms with Crippen LogP contribution in [0.4, 0.5) is 0 Å². The molecule has 0 saturated heterocycles. The minimum absolute atomic E-state index is 0.0371. The summed E-state index contributed by atoms with van der Waals surface area (Å²) < 4.78 is 1.82. The van der Waals surface area contributed by atoms with Crippen LogP contribution in [-0.2, 0) is 11.2 Å². The van der Waals surface area contributed by atoms with Gasteiger partial charge in [0.2, 0.25) is 5.91 Å². The molecule has 4 bridgehead atoms. The quantitative estimate of drug-likeness (QED) is 0.716. The van der Waals surface area contributed by atoms with E-state index < -0.39 is 0 Å². The molecule has 2 amide bonds. The van der Waals surface area contributed by atoms with Crippen LogP contribution in [-0.4, -0.2) is 34.3 Å². The first-order valence-corrected chi connectivity index (χ1v) is 11.9. The molecule has 4 aliphatic carbocycles. The van der Waals surface area contributed by atoms with Gasteiger partial charge in [0, 0.05) is 19.3 Å². The van der Waals surface area contributed by atoms with Crippen molar-refractivity contribution in [3.8, 4) is 0 Å². The van der Waals surface area contributed by atoms with Crippen molar-refractivity contribution in [2.75, 3.05) is 13.1 Å². The van der Waals surface area contributed by atoms with Crippen molar-refractivity contribution in [3.63, 3.8) is 0 Å². The van der Waals surface area contributed by atoms with Crippen molar-refractivity contribution >= 4 is 17.5 Å². The molecule has 2 aromatic rings. The molecule has 0 unspecified atom stereocenters. The summed E-state index contributed by atoms with van der Waals surface area (Å²) in [5.41, 5.74) is 2.28. The molecule has 0 aromatic carbocycles. The summed E-state index contributed by atoms with van der Waals surface area (Å²) >= 11 is 0. The molecule has 2 aromatic heterocycles. The van der Waals surface area contributed by atoms with Gasteiger partial charge in [-0.3, -0.25) is 14.0 Å². The molecule has 4 saturated carbocycles. The fourth-order valence-corrected chi connectivity index (χ4v) is 6.74. The third-order valence-electron chi connectivity index (χ3n) is 7.61. The van der Waals surface area contributed by atoms with E-state index in [0.717, 1.165) is 24.3 Å². The molecule has 6 rings (SSSR count). The van der Waals surface area contributed by atoms with Crippen LogP contribution >= 0.6 is 0 Å². The van der Waals surface area contributed by atoms with Crippen molar-refractivity contribution in [2.45, 2.75) is 58.8 Å². The van der Waals surface area contributed by atoms with E-state index in [1.807, 2.05) is 28.8 Å². The molecular formula is C25H34N4O2. The number of hydrogen-bond acceptors (Lipinski definition) is 3. The average Bonchev–Trinajstić information content (AvgIpc) is 3.12. The molecule has 0 atom stereocenters. The van der Waals surface area contributed by atoms with Gasteiger partial charge in [-0.05, 0) is 79.7 Å². The maximum Gasteiger partial charge on any atom is 0.268 e. The Morgan fingerprint density at radius 2 is 1.77 bits per heavy atom. The van der Waals surface area contributed by atoms with Crippen LogP contribution in [0.2, 0.25) is 0 Å². The zero-order valence-electron chi connectivity index (χ0n) is 18.7. The van der Waals surface area contributed by atoms with E-state index in [-0.39, 0.29) is 18.2 Å². The Labute approximate surface area is 184 Å². The summed E-state index contributed by atoms with van der Waals surface area (Å²) in [5.74, 6) is 2.97. The molecule has 6 nitrogen and oxygen atoms in total. The first-order chi connectivity index (χ1) is 14.9. The normalized spacial score (nSPS) is 28.9. The predicted octanol–water partition coefficient (Wildman–Crippen LogP) is 3.60. The van der Waals surface area contributed by atoms with Crippen LogP contribution in [0, 0.1) is 29.1 Å². The Morgan fingerprint density at radius 1 is 1.10 bits per heavy atom. The number of hydrogen-bond donors (Lipinski definition) is 2. The number of imidazole rings is 1. The number of nitrogens with one attached hydrogen (secondary N) is 2. The fourth-order valence-electron chi connectivity index (χ4n) is 6.74. The molecule has 6 heteroatoms. The van der Waals surface area contributed by atoms with Crippen molar-refractivity contribution in [1.29, 1.82) is 0 Å². The lowest BCUT2D eigenvalue weighted by Gasteiger charge is -2.56. The van der Waals surface area contributed by atoms with Gasteiger partial charge in [0.15, 0.2) is 0 Å². The van der Waals surface area contributed by atoms with Crippen molar-refractivity contribution in [1.82, 2.24) is 20.0 Å². The molecular weight excluding hydrogens is 388 g/mol. The molecule has 4 fully saturated rings. The Kier molecular flexibility index (Phi) is 5.27. The van der Waals surface area contributed by atoms with Gasteiger partial charge in [-0.2, -0.15) is 0 Å². The van der Waals surface area contributed by atoms with Crippen LogP contribution < -0.4 is 10.6 Å². The number of nitrogens with zero attached hydrogens (tertiary/aromatic N) is 2. The van der Waals surface area contributed by atoms with Crippen LogP contribution in [0.25, 0.3) is 5.65 Å². The number of pyridine rings is 1. The van der Waals surface area contributed by atoms with E-state index in [1.54, 1.807) is 0 Å². The van der Waals surface area contributed by atoms with Gasteiger partial charge in [0.1, 0.15) is 11.3 Å². The van der Waals surface area contributed by atoms with E-state index in [0.29, 0.717) is 34.9 Å². The SMILES string of the molecule is CC(C)CNC(=O)Cc1cn2c(C(=O)NCC34CC5CC(CC(C5)C3)C4)cccc2n1. The molecule has 166 valence electrons. The Balaban J connectivity index is 1.27. The number of carbonyl (C=O) groups excluding carboxylic acids is 2. The highest BCUT2D eigenvalue weighted by atomic mass is 16.2. The Hall–Kier alpha value is -2.37. The maximum atomic E-state index is 13.1. The fraction of sp³-hybridized carbons (Fsp3) is 0.640. The number of fused-ring (bicyclic) bond motifs is 1. The lowest BCUT2D eigenvalue weighted by molar-refractivity contribution is -0.120. The lowest BCUT2D eigenvalue weighted by atomic mass is 9.49. The predicted molar refractivity (Wildman–Crippen MR) is 120 cm³/mol. The van der Waals surface area contributed by atoms with Gasteiger partial charge < -0.3 is 10.6 Å². The van der Waals surface area contributed by atoms with Crippen molar-refractivity contribution in [3.05, 3.63) is 35.8 Å². The molecule has 0 aliphatic heterocycles. The minimum Gasteiger partial charge on any atom is -0.356 e. The van der Waals surface area contributed by atoms with Gasteiger partial charge >= 0.3 is 0 Å². The zero-order valence-corrected chi connectivity index (χ0v) is 18.7. The highest BCUT2D eigenvalue weighted by molar-refractivity contribution is 5.93. The van der Waals surface area contributed by atoms with Gasteiger partial charge in [-0.15, -0.1) is 0 Å². The average molecular weight is 423 g/mol. The number of aromatic nitrogens is 2. The second kappa shape index (κ2) is 7.95. The summed E-state index contributed by atoms with van der Waals surface area (Å²) in [6.45, 7) is 5.58. The molecule has 4 aliphatic rings. The van der Waals surface area contributed by atoms with Crippen molar-refractivity contribution < 1.29 is 9.59 Å². The second-order valence-corrected chi connectivity index (χ2v) is 10.8. The van der Waals surface area contributed by atoms with Crippen LogP contribution in [0.1, 0.15) is 68.6 Å². The topological polar surface area (TPSA) is 75.5 Å². The third kappa shape index (κ3) is 4.21. The Morgan fingerprint density at radius 3 is 2.42 bits per heavy atom. The van der Waals surface area contributed by atoms with E-state index in [1.165, 1.54) is 38.5 Å². The first kappa shape index (κ1) is 20.5. The lowest BCUT2D eigenvalue weighted by Crippen LogP contribution is -2.51. The van der Waals surface area contributed by atoms with Crippen LogP contribution in [0.3, 0.4) is 0 Å². The second-order valence-electron chi connectivity index (χ2n) is 10.8. The Bertz CT molecular complexity index is 957. The van der Waals surface area contributed by atoms with Gasteiger partial charge in [0.05, 0.1) is 12.1 Å². The van der Waals surface area contributed by atoms with Gasteiger partial charge in [-0.1, -0.05) is 19.9 Å². The van der Waals surface area contributed by atoms with Gasteiger partial charge in [-0.25, -0.2) is 4.98 Å². The summed E-state index contributed by atoms with van der Waals surface area (Å²) in [7, 11) is 0. The molecule has 0 radical (unpaired) electrons. The molecule has 2 N–H and O–H groups in total. The first-order valence-electron chi connectivity index (χ1n) is 11.9. The third-order valence-corrected chi connectivity index (χ3v) is 7.61. The smallest absolute Gasteiger partial charge is 0.268 e. The summed E-state index contributed by atoms with van der Waals surface area (Å²) in [5, 5.41) is 6.19. The number of amides is 2. The van der Waals surface area contributed by atoms with Crippen LogP contribution in [0.5, 0.6) is 0 Å². The van der Waals surface area contributed by atoms with Crippen molar-refractivity contribution in [2.24, 2.45) is 29.1 Å². The van der Waals surface area contributed by atoms with E-state index in [4.69, 9.17) is 0 Å². The summed E-state index contributed by atoms with van der Waals surface area (Å²) in [6, 6.07) is 5.59. The summed E-state index contributed by atoms with van der Waals surface area (Å²) in [4.78, 5) is 29.9. The van der Waals surface area contributed by atoms with E-state index in [9.17, 15) is 9.59 Å². The number of carbonyl (C=O) groups is 2. The summed E-state index contributed by atoms with van der Waals surface area (Å²) in [6.07, 6.45) is 10.1. The van der Waals surface area contributed by atoms with E-state index >= 15 is 0 Å². The highest BCUT2D eigenvalue weighted by Crippen LogP contribution is 2.59. The maximum absolute atomic E-state index is 13.1. The standard InChI is InChI=1S/C25H34N4O2/c1-16(2)13-26-23(30)9-20-14-29-21(4-3-5-22(29)28-20)24(31)27-15-25-10-17-6-18(11-25)8-19(7-17)12-25/h3-5,14,16-19H,6-13,15H2,1-2H3,(H,26,30)(H,27,31). The molecule has 31 heavy (non-hydrogen) atoms. The van der Waals surface area contributed by atoms with E-state index in [2.05, 4.69) is 29.5 Å². The highest BCUT2D eigenvalue weighted by Gasteiger charge is 2.50. The monoisotopic (exact) mass is 422 g/mol. The molecule has 0 spiro atoms. The molecule has 2 heterocycles. The largest absolute Gasteiger partial charge is 0.356 e. The number of rotatable bonds is 7. The zero-order chi connectivity index (χ0) is 21.6. The van der Waals surface area contributed by atoms with Crippen LogP contribution in [0.15, 0.2) is 24.4 Å². The van der Waals surface area contributed by atoms with Gasteiger partial charge in [0.25, 0.3) is 5.91 Å².